The molecule has 1 aromatic carbocycles. The highest BCUT2D eigenvalue weighted by Gasteiger charge is 2.31. The van der Waals surface area contributed by atoms with Crippen LogP contribution in [0.5, 0.6) is 5.75 Å². The molecule has 2 rings (SSSR count). The Morgan fingerprint density at radius 3 is 2.38 bits per heavy atom. The third-order valence-electron chi connectivity index (χ3n) is 2.71. The van der Waals surface area contributed by atoms with Crippen molar-refractivity contribution >= 4 is 21.4 Å². The van der Waals surface area contributed by atoms with Gasteiger partial charge in [-0.15, -0.1) is 11.3 Å². The molecule has 2 aromatic rings. The standard InChI is InChI=1S/C12H10F3NO3S2/c1-16-21(18,19)11-5-4-10(20-11)8-3-2-7(6-9(8)17)12(13,14)15/h2-6,16-17H,1H3. The molecule has 21 heavy (non-hydrogen) atoms. The van der Waals surface area contributed by atoms with Crippen molar-refractivity contribution in [2.75, 3.05) is 7.05 Å². The summed E-state index contributed by atoms with van der Waals surface area (Å²) in [6.45, 7) is 0. The number of benzene rings is 1. The highest BCUT2D eigenvalue weighted by molar-refractivity contribution is 7.91. The molecule has 0 unspecified atom stereocenters. The maximum absolute atomic E-state index is 12.5. The molecule has 114 valence electrons. The van der Waals surface area contributed by atoms with Crippen molar-refractivity contribution in [3.63, 3.8) is 0 Å². The number of sulfonamides is 1. The summed E-state index contributed by atoms with van der Waals surface area (Å²) in [6, 6.07) is 5.31. The molecule has 0 saturated heterocycles. The lowest BCUT2D eigenvalue weighted by Gasteiger charge is -2.09. The molecule has 1 aromatic heterocycles. The van der Waals surface area contributed by atoms with E-state index in [-0.39, 0.29) is 9.77 Å². The van der Waals surface area contributed by atoms with Gasteiger partial charge in [-0.25, -0.2) is 13.1 Å². The molecule has 0 aliphatic rings. The molecule has 0 aliphatic carbocycles. The summed E-state index contributed by atoms with van der Waals surface area (Å²) in [5.41, 5.74) is -0.825. The van der Waals surface area contributed by atoms with Crippen LogP contribution in [0.1, 0.15) is 5.56 Å². The van der Waals surface area contributed by atoms with E-state index in [9.17, 15) is 26.7 Å². The summed E-state index contributed by atoms with van der Waals surface area (Å²) < 4.78 is 62.9. The van der Waals surface area contributed by atoms with Gasteiger partial charge in [0.15, 0.2) is 0 Å². The monoisotopic (exact) mass is 337 g/mol. The fourth-order valence-corrected chi connectivity index (χ4v) is 3.80. The molecule has 4 nitrogen and oxygen atoms in total. The number of hydrogen-bond acceptors (Lipinski definition) is 4. The number of halogens is 3. The third kappa shape index (κ3) is 3.20. The summed E-state index contributed by atoms with van der Waals surface area (Å²) >= 11 is 0.853. The first-order valence-electron chi connectivity index (χ1n) is 5.59. The fraction of sp³-hybridized carbons (Fsp3) is 0.167. The van der Waals surface area contributed by atoms with E-state index in [0.29, 0.717) is 10.9 Å². The number of alkyl halides is 3. The van der Waals surface area contributed by atoms with E-state index in [1.165, 1.54) is 19.2 Å². The van der Waals surface area contributed by atoms with Crippen LogP contribution in [0.4, 0.5) is 13.2 Å². The first-order chi connectivity index (χ1) is 9.65. The summed E-state index contributed by atoms with van der Waals surface area (Å²) in [4.78, 5) is 0.357. The van der Waals surface area contributed by atoms with Gasteiger partial charge in [-0.05, 0) is 37.4 Å². The Kier molecular flexibility index (Phi) is 4.00. The molecule has 0 bridgehead atoms. The molecule has 0 fully saturated rings. The highest BCUT2D eigenvalue weighted by atomic mass is 32.2. The maximum atomic E-state index is 12.5. The minimum atomic E-state index is -4.55. The number of rotatable bonds is 3. The van der Waals surface area contributed by atoms with Gasteiger partial charge in [0, 0.05) is 10.4 Å². The van der Waals surface area contributed by atoms with Gasteiger partial charge in [0.05, 0.1) is 5.56 Å². The van der Waals surface area contributed by atoms with Crippen molar-refractivity contribution in [3.8, 4) is 16.2 Å². The van der Waals surface area contributed by atoms with Gasteiger partial charge < -0.3 is 5.11 Å². The number of thiophene rings is 1. The average molecular weight is 337 g/mol. The van der Waals surface area contributed by atoms with Gasteiger partial charge >= 0.3 is 6.18 Å². The Labute approximate surface area is 122 Å². The van der Waals surface area contributed by atoms with Crippen LogP contribution in [0.2, 0.25) is 0 Å². The minimum absolute atomic E-state index is 0.0132. The molecule has 1 heterocycles. The molecule has 2 N–H and O–H groups in total. The number of phenolic OH excluding ortho intramolecular Hbond substituents is 1. The smallest absolute Gasteiger partial charge is 0.416 e. The second-order valence-corrected chi connectivity index (χ2v) is 7.25. The molecule has 0 atom stereocenters. The molecule has 0 aliphatic heterocycles. The predicted molar refractivity (Wildman–Crippen MR) is 72.7 cm³/mol. The normalized spacial score (nSPS) is 12.6. The molecular weight excluding hydrogens is 327 g/mol. The van der Waals surface area contributed by atoms with E-state index >= 15 is 0 Å². The van der Waals surface area contributed by atoms with Gasteiger partial charge in [-0.2, -0.15) is 13.2 Å². The zero-order valence-electron chi connectivity index (χ0n) is 10.6. The second-order valence-electron chi connectivity index (χ2n) is 4.06. The summed E-state index contributed by atoms with van der Waals surface area (Å²) in [7, 11) is -2.37. The maximum Gasteiger partial charge on any atom is 0.416 e. The fourth-order valence-electron chi connectivity index (χ4n) is 1.63. The number of nitrogens with one attached hydrogen (secondary N) is 1. The summed E-state index contributed by atoms with van der Waals surface area (Å²) in [6.07, 6.45) is -4.55. The molecule has 0 saturated carbocycles. The van der Waals surface area contributed by atoms with E-state index in [1.54, 1.807) is 0 Å². The van der Waals surface area contributed by atoms with Gasteiger partial charge in [0.25, 0.3) is 0 Å². The molecular formula is C12H10F3NO3S2. The minimum Gasteiger partial charge on any atom is -0.507 e. The first kappa shape index (κ1) is 15.8. The quantitative estimate of drug-likeness (QED) is 0.905. The number of phenols is 1. The average Bonchev–Trinajstić information content (AvgIpc) is 2.87. The highest BCUT2D eigenvalue weighted by Crippen LogP contribution is 2.39. The Hall–Kier alpha value is -1.58. The molecule has 9 heteroatoms. The lowest BCUT2D eigenvalue weighted by atomic mass is 10.1. The first-order valence-corrected chi connectivity index (χ1v) is 7.89. The van der Waals surface area contributed by atoms with E-state index in [2.05, 4.69) is 4.72 Å². The van der Waals surface area contributed by atoms with Gasteiger partial charge in [-0.3, -0.25) is 0 Å². The van der Waals surface area contributed by atoms with Crippen molar-refractivity contribution in [1.29, 1.82) is 0 Å². The van der Waals surface area contributed by atoms with Crippen LogP contribution >= 0.6 is 11.3 Å². The molecule has 0 radical (unpaired) electrons. The second kappa shape index (κ2) is 5.32. The number of aromatic hydroxyl groups is 1. The molecule has 0 spiro atoms. The van der Waals surface area contributed by atoms with E-state index in [0.717, 1.165) is 23.5 Å². The van der Waals surface area contributed by atoms with E-state index in [1.807, 2.05) is 0 Å². The lowest BCUT2D eigenvalue weighted by Crippen LogP contribution is -2.17. The predicted octanol–water partition coefficient (Wildman–Crippen LogP) is 3.05. The largest absolute Gasteiger partial charge is 0.507 e. The van der Waals surface area contributed by atoms with Crippen LogP contribution < -0.4 is 4.72 Å². The van der Waals surface area contributed by atoms with Crippen LogP contribution in [0, 0.1) is 0 Å². The van der Waals surface area contributed by atoms with Gasteiger partial charge in [0.1, 0.15) is 9.96 Å². The van der Waals surface area contributed by atoms with Crippen LogP contribution in [0.15, 0.2) is 34.5 Å². The van der Waals surface area contributed by atoms with Crippen molar-refractivity contribution < 1.29 is 26.7 Å². The van der Waals surface area contributed by atoms with Crippen molar-refractivity contribution in [2.45, 2.75) is 10.4 Å². The summed E-state index contributed by atoms with van der Waals surface area (Å²) in [5.74, 6) is -0.555. The van der Waals surface area contributed by atoms with Crippen LogP contribution in [0.3, 0.4) is 0 Å². The Bertz CT molecular complexity index is 766. The lowest BCUT2D eigenvalue weighted by molar-refractivity contribution is -0.137. The SMILES string of the molecule is CNS(=O)(=O)c1ccc(-c2ccc(C(F)(F)F)cc2O)s1. The third-order valence-corrected chi connectivity index (χ3v) is 5.73. The van der Waals surface area contributed by atoms with Crippen molar-refractivity contribution in [1.82, 2.24) is 4.72 Å². The van der Waals surface area contributed by atoms with E-state index < -0.39 is 27.5 Å². The van der Waals surface area contributed by atoms with Gasteiger partial charge in [0.2, 0.25) is 10.0 Å². The molecule has 0 amide bonds. The Morgan fingerprint density at radius 1 is 1.19 bits per heavy atom. The zero-order chi connectivity index (χ0) is 15.8. The van der Waals surface area contributed by atoms with Crippen LogP contribution in [0.25, 0.3) is 10.4 Å². The van der Waals surface area contributed by atoms with Crippen molar-refractivity contribution in [3.05, 3.63) is 35.9 Å². The van der Waals surface area contributed by atoms with Crippen molar-refractivity contribution in [2.24, 2.45) is 0 Å². The Morgan fingerprint density at radius 2 is 1.86 bits per heavy atom. The van der Waals surface area contributed by atoms with Gasteiger partial charge in [-0.1, -0.05) is 0 Å². The zero-order valence-corrected chi connectivity index (χ0v) is 12.2. The Balaban J connectivity index is 2.45. The van der Waals surface area contributed by atoms with Crippen LogP contribution in [-0.2, 0) is 16.2 Å². The topological polar surface area (TPSA) is 66.4 Å². The number of hydrogen-bond donors (Lipinski definition) is 2. The van der Waals surface area contributed by atoms with Crippen LogP contribution in [-0.4, -0.2) is 20.6 Å². The summed E-state index contributed by atoms with van der Waals surface area (Å²) in [5, 5.41) is 9.72. The van der Waals surface area contributed by atoms with E-state index in [4.69, 9.17) is 0 Å².